The minimum Gasteiger partial charge on any atom is -0.383 e. The zero-order valence-electron chi connectivity index (χ0n) is 8.14. The molecule has 78 valence electrons. The van der Waals surface area contributed by atoms with E-state index in [4.69, 9.17) is 11.6 Å². The highest BCUT2D eigenvalue weighted by molar-refractivity contribution is 7.16. The molecule has 2 rings (SSSR count). The summed E-state index contributed by atoms with van der Waals surface area (Å²) >= 11 is 7.21. The third-order valence-electron chi connectivity index (χ3n) is 2.10. The molecule has 4 heteroatoms. The van der Waals surface area contributed by atoms with Gasteiger partial charge in [0, 0.05) is 16.8 Å². The summed E-state index contributed by atoms with van der Waals surface area (Å²) in [5.74, 6) is 0. The number of hydrogen-bond acceptors (Lipinski definition) is 3. The molecule has 1 unspecified atom stereocenters. The van der Waals surface area contributed by atoms with Gasteiger partial charge in [-0.25, -0.2) is 0 Å². The van der Waals surface area contributed by atoms with Crippen LogP contribution in [0.25, 0.3) is 0 Å². The standard InChI is InChI=1S/C11H10ClNOS/c1-7-6-8(4-5-13-7)11(14)9-2-3-10(12)15-9/h2-6,11,14H,1H3. The summed E-state index contributed by atoms with van der Waals surface area (Å²) in [6.07, 6.45) is 1.09. The molecule has 0 saturated heterocycles. The van der Waals surface area contributed by atoms with Gasteiger partial charge in [-0.1, -0.05) is 11.6 Å². The quantitative estimate of drug-likeness (QED) is 0.873. The van der Waals surface area contributed by atoms with Crippen LogP contribution in [0.5, 0.6) is 0 Å². The van der Waals surface area contributed by atoms with Crippen LogP contribution in [0.4, 0.5) is 0 Å². The van der Waals surface area contributed by atoms with Crippen LogP contribution in [-0.2, 0) is 0 Å². The number of nitrogens with zero attached hydrogens (tertiary/aromatic N) is 1. The fourth-order valence-corrected chi connectivity index (χ4v) is 2.45. The van der Waals surface area contributed by atoms with E-state index in [-0.39, 0.29) is 0 Å². The highest BCUT2D eigenvalue weighted by atomic mass is 35.5. The lowest BCUT2D eigenvalue weighted by Crippen LogP contribution is -1.97. The first-order valence-electron chi connectivity index (χ1n) is 4.52. The van der Waals surface area contributed by atoms with Gasteiger partial charge in [-0.15, -0.1) is 11.3 Å². The Labute approximate surface area is 97.2 Å². The van der Waals surface area contributed by atoms with Crippen molar-refractivity contribution in [1.29, 1.82) is 0 Å². The smallest absolute Gasteiger partial charge is 0.113 e. The summed E-state index contributed by atoms with van der Waals surface area (Å²) in [5, 5.41) is 10.1. The van der Waals surface area contributed by atoms with E-state index in [1.807, 2.05) is 25.1 Å². The van der Waals surface area contributed by atoms with Crippen molar-refractivity contribution in [2.75, 3.05) is 0 Å². The molecule has 2 aromatic heterocycles. The second kappa shape index (κ2) is 4.31. The zero-order chi connectivity index (χ0) is 10.8. The van der Waals surface area contributed by atoms with E-state index in [1.54, 1.807) is 12.3 Å². The number of pyridine rings is 1. The van der Waals surface area contributed by atoms with Crippen LogP contribution in [-0.4, -0.2) is 10.1 Å². The number of rotatable bonds is 2. The predicted molar refractivity (Wildman–Crippen MR) is 62.4 cm³/mol. The molecule has 0 fully saturated rings. The molecule has 0 spiro atoms. The Balaban J connectivity index is 2.32. The lowest BCUT2D eigenvalue weighted by molar-refractivity contribution is 0.224. The Morgan fingerprint density at radius 1 is 1.40 bits per heavy atom. The molecule has 0 aliphatic rings. The summed E-state index contributed by atoms with van der Waals surface area (Å²) in [4.78, 5) is 4.94. The highest BCUT2D eigenvalue weighted by Gasteiger charge is 2.12. The summed E-state index contributed by atoms with van der Waals surface area (Å²) in [6, 6.07) is 7.32. The highest BCUT2D eigenvalue weighted by Crippen LogP contribution is 2.30. The van der Waals surface area contributed by atoms with E-state index < -0.39 is 6.10 Å². The molecule has 1 N–H and O–H groups in total. The molecule has 0 bridgehead atoms. The van der Waals surface area contributed by atoms with Crippen LogP contribution in [0.15, 0.2) is 30.5 Å². The van der Waals surface area contributed by atoms with Gasteiger partial charge in [0.05, 0.1) is 4.34 Å². The maximum Gasteiger partial charge on any atom is 0.113 e. The first-order valence-corrected chi connectivity index (χ1v) is 5.72. The third-order valence-corrected chi connectivity index (χ3v) is 3.38. The van der Waals surface area contributed by atoms with Crippen LogP contribution in [0.1, 0.15) is 22.2 Å². The van der Waals surface area contributed by atoms with Crippen molar-refractivity contribution >= 4 is 22.9 Å². The van der Waals surface area contributed by atoms with E-state index in [1.165, 1.54) is 11.3 Å². The minimum atomic E-state index is -0.607. The van der Waals surface area contributed by atoms with Crippen LogP contribution in [0, 0.1) is 6.92 Å². The molecular formula is C11H10ClNOS. The van der Waals surface area contributed by atoms with Crippen molar-refractivity contribution in [3.05, 3.63) is 50.9 Å². The molecule has 2 nitrogen and oxygen atoms in total. The number of aromatic nitrogens is 1. The average molecular weight is 240 g/mol. The molecule has 2 heterocycles. The monoisotopic (exact) mass is 239 g/mol. The van der Waals surface area contributed by atoms with Gasteiger partial charge in [0.15, 0.2) is 0 Å². The topological polar surface area (TPSA) is 33.1 Å². The largest absolute Gasteiger partial charge is 0.383 e. The number of aryl methyl sites for hydroxylation is 1. The first kappa shape index (κ1) is 10.6. The van der Waals surface area contributed by atoms with Crippen LogP contribution < -0.4 is 0 Å². The number of thiophene rings is 1. The number of halogens is 1. The Morgan fingerprint density at radius 3 is 2.80 bits per heavy atom. The van der Waals surface area contributed by atoms with Gasteiger partial charge in [-0.05, 0) is 36.8 Å². The van der Waals surface area contributed by atoms with Crippen molar-refractivity contribution in [3.8, 4) is 0 Å². The van der Waals surface area contributed by atoms with E-state index in [9.17, 15) is 5.11 Å². The maximum atomic E-state index is 10.1. The van der Waals surface area contributed by atoms with Crippen molar-refractivity contribution in [1.82, 2.24) is 4.98 Å². The van der Waals surface area contributed by atoms with Crippen LogP contribution in [0.2, 0.25) is 4.34 Å². The molecule has 1 atom stereocenters. The maximum absolute atomic E-state index is 10.1. The SMILES string of the molecule is Cc1cc(C(O)c2ccc(Cl)s2)ccn1. The van der Waals surface area contributed by atoms with Crippen molar-refractivity contribution in [2.24, 2.45) is 0 Å². The summed E-state index contributed by atoms with van der Waals surface area (Å²) in [6.45, 7) is 1.90. The molecular weight excluding hydrogens is 230 g/mol. The summed E-state index contributed by atoms with van der Waals surface area (Å²) < 4.78 is 0.690. The van der Waals surface area contributed by atoms with E-state index in [2.05, 4.69) is 4.98 Å². The van der Waals surface area contributed by atoms with Gasteiger partial charge >= 0.3 is 0 Å². The van der Waals surface area contributed by atoms with E-state index in [0.717, 1.165) is 16.1 Å². The van der Waals surface area contributed by atoms with Crippen molar-refractivity contribution in [2.45, 2.75) is 13.0 Å². The van der Waals surface area contributed by atoms with E-state index in [0.29, 0.717) is 4.34 Å². The minimum absolute atomic E-state index is 0.607. The van der Waals surface area contributed by atoms with Gasteiger partial charge < -0.3 is 5.11 Å². The summed E-state index contributed by atoms with van der Waals surface area (Å²) in [5.41, 5.74) is 1.75. The molecule has 0 amide bonds. The zero-order valence-corrected chi connectivity index (χ0v) is 9.72. The van der Waals surface area contributed by atoms with Gasteiger partial charge in [-0.3, -0.25) is 4.98 Å². The van der Waals surface area contributed by atoms with Gasteiger partial charge in [-0.2, -0.15) is 0 Å². The van der Waals surface area contributed by atoms with Gasteiger partial charge in [0.2, 0.25) is 0 Å². The molecule has 0 saturated carbocycles. The normalized spacial score (nSPS) is 12.7. The lowest BCUT2D eigenvalue weighted by Gasteiger charge is -2.08. The Morgan fingerprint density at radius 2 is 2.20 bits per heavy atom. The number of aliphatic hydroxyl groups excluding tert-OH is 1. The van der Waals surface area contributed by atoms with Crippen LogP contribution >= 0.6 is 22.9 Å². The van der Waals surface area contributed by atoms with Crippen LogP contribution in [0.3, 0.4) is 0 Å². The average Bonchev–Trinajstić information content (AvgIpc) is 2.64. The number of hydrogen-bond donors (Lipinski definition) is 1. The molecule has 0 radical (unpaired) electrons. The summed E-state index contributed by atoms with van der Waals surface area (Å²) in [7, 11) is 0. The Kier molecular flexibility index (Phi) is 3.05. The molecule has 0 aliphatic carbocycles. The lowest BCUT2D eigenvalue weighted by atomic mass is 10.1. The first-order chi connectivity index (χ1) is 7.16. The van der Waals surface area contributed by atoms with Crippen molar-refractivity contribution < 1.29 is 5.11 Å². The fraction of sp³-hybridized carbons (Fsp3) is 0.182. The predicted octanol–water partition coefficient (Wildman–Crippen LogP) is 3.19. The van der Waals surface area contributed by atoms with E-state index >= 15 is 0 Å². The third kappa shape index (κ3) is 2.37. The molecule has 15 heavy (non-hydrogen) atoms. The van der Waals surface area contributed by atoms with Gasteiger partial charge in [0.1, 0.15) is 6.10 Å². The fourth-order valence-electron chi connectivity index (χ4n) is 1.38. The second-order valence-corrected chi connectivity index (χ2v) is 5.02. The molecule has 0 aliphatic heterocycles. The second-order valence-electron chi connectivity index (χ2n) is 3.27. The molecule has 0 aromatic carbocycles. The number of aliphatic hydroxyl groups is 1. The Bertz CT molecular complexity index is 469. The molecule has 2 aromatic rings. The Hall–Kier alpha value is -0.900. The van der Waals surface area contributed by atoms with Crippen molar-refractivity contribution in [3.63, 3.8) is 0 Å². The van der Waals surface area contributed by atoms with Gasteiger partial charge in [0.25, 0.3) is 0 Å².